The summed E-state index contributed by atoms with van der Waals surface area (Å²) < 4.78 is 8.72. The summed E-state index contributed by atoms with van der Waals surface area (Å²) in [7, 11) is 2.28. The van der Waals surface area contributed by atoms with Crippen LogP contribution in [-0.4, -0.2) is 42.6 Å². The molecule has 0 saturated heterocycles. The van der Waals surface area contributed by atoms with E-state index in [9.17, 15) is 9.59 Å². The molecule has 0 spiro atoms. The summed E-state index contributed by atoms with van der Waals surface area (Å²) in [5.74, 6) is -0.218. The number of carbonyl (C=O) groups excluding carboxylic acids is 2. The number of H-pyrrole nitrogens is 1. The maximum atomic E-state index is 11.1. The van der Waals surface area contributed by atoms with Crippen molar-refractivity contribution in [1.29, 1.82) is 5.26 Å². The highest BCUT2D eigenvalue weighted by Gasteiger charge is 2.12. The Bertz CT molecular complexity index is 523. The zero-order valence-corrected chi connectivity index (χ0v) is 10.1. The highest BCUT2D eigenvalue weighted by Crippen LogP contribution is 2.12. The summed E-state index contributed by atoms with van der Waals surface area (Å²) >= 11 is 0. The highest BCUT2D eigenvalue weighted by atomic mass is 16.5. The normalized spacial score (nSPS) is 8.89. The Labute approximate surface area is 107 Å². The zero-order valence-electron chi connectivity index (χ0n) is 10.1. The maximum Gasteiger partial charge on any atom is 0.413 e. The fourth-order valence-corrected chi connectivity index (χ4v) is 0.941. The Balaban J connectivity index is 2.98. The maximum absolute atomic E-state index is 11.1. The number of ether oxygens (including phenoxy) is 2. The topological polar surface area (TPSA) is 141 Å². The van der Waals surface area contributed by atoms with Gasteiger partial charge in [0.15, 0.2) is 5.82 Å². The van der Waals surface area contributed by atoms with Crippen molar-refractivity contribution in [2.45, 2.75) is 0 Å². The van der Waals surface area contributed by atoms with Gasteiger partial charge in [0.25, 0.3) is 0 Å². The SMILES string of the molecule is COC(=O)NC(=Nc1[nH]ncc1C#N)NC(=O)OC. The molecule has 0 aliphatic heterocycles. The van der Waals surface area contributed by atoms with E-state index in [1.807, 2.05) is 6.07 Å². The minimum atomic E-state index is -0.854. The third-order valence-corrected chi connectivity index (χ3v) is 1.77. The van der Waals surface area contributed by atoms with Gasteiger partial charge in [-0.2, -0.15) is 15.4 Å². The molecule has 100 valence electrons. The molecule has 0 atom stereocenters. The lowest BCUT2D eigenvalue weighted by atomic mass is 10.4. The number of nitriles is 1. The molecule has 2 amide bonds. The minimum Gasteiger partial charge on any atom is -0.453 e. The van der Waals surface area contributed by atoms with Gasteiger partial charge in [0.2, 0.25) is 5.96 Å². The van der Waals surface area contributed by atoms with Crippen molar-refractivity contribution < 1.29 is 19.1 Å². The average Bonchev–Trinajstić information content (AvgIpc) is 2.85. The molecule has 0 aliphatic carbocycles. The van der Waals surface area contributed by atoms with E-state index in [-0.39, 0.29) is 17.3 Å². The summed E-state index contributed by atoms with van der Waals surface area (Å²) in [4.78, 5) is 26.0. The van der Waals surface area contributed by atoms with E-state index in [4.69, 9.17) is 5.26 Å². The van der Waals surface area contributed by atoms with Crippen molar-refractivity contribution in [3.63, 3.8) is 0 Å². The Hall–Kier alpha value is -3.09. The molecular formula is C9H10N6O4. The van der Waals surface area contributed by atoms with Gasteiger partial charge in [-0.05, 0) is 0 Å². The number of carbonyl (C=O) groups is 2. The molecule has 1 aromatic rings. The number of amides is 2. The van der Waals surface area contributed by atoms with Crippen LogP contribution in [0.15, 0.2) is 11.2 Å². The zero-order chi connectivity index (χ0) is 14.3. The first-order valence-electron chi connectivity index (χ1n) is 4.82. The van der Waals surface area contributed by atoms with E-state index in [1.54, 1.807) is 0 Å². The smallest absolute Gasteiger partial charge is 0.413 e. The van der Waals surface area contributed by atoms with E-state index in [2.05, 4.69) is 35.3 Å². The van der Waals surface area contributed by atoms with Crippen LogP contribution >= 0.6 is 0 Å². The number of hydrogen-bond donors (Lipinski definition) is 3. The monoisotopic (exact) mass is 266 g/mol. The van der Waals surface area contributed by atoms with Gasteiger partial charge in [0.1, 0.15) is 11.6 Å². The van der Waals surface area contributed by atoms with Gasteiger partial charge >= 0.3 is 12.2 Å². The van der Waals surface area contributed by atoms with E-state index < -0.39 is 12.2 Å². The van der Waals surface area contributed by atoms with Gasteiger partial charge < -0.3 is 9.47 Å². The van der Waals surface area contributed by atoms with Crippen molar-refractivity contribution in [1.82, 2.24) is 20.8 Å². The number of aromatic amines is 1. The predicted octanol–water partition coefficient (Wildman–Crippen LogP) is -0.0191. The van der Waals surface area contributed by atoms with Crippen molar-refractivity contribution in [3.8, 4) is 6.07 Å². The van der Waals surface area contributed by atoms with Crippen LogP contribution in [0.5, 0.6) is 0 Å². The van der Waals surface area contributed by atoms with Crippen LogP contribution in [-0.2, 0) is 9.47 Å². The summed E-state index contributed by atoms with van der Waals surface area (Å²) in [6.07, 6.45) is -0.464. The number of rotatable bonds is 1. The van der Waals surface area contributed by atoms with E-state index in [1.165, 1.54) is 6.20 Å². The first-order chi connectivity index (χ1) is 9.10. The van der Waals surface area contributed by atoms with Crippen molar-refractivity contribution >= 4 is 24.0 Å². The number of guanidine groups is 1. The Morgan fingerprint density at radius 1 is 1.37 bits per heavy atom. The van der Waals surface area contributed by atoms with E-state index >= 15 is 0 Å². The summed E-state index contributed by atoms with van der Waals surface area (Å²) in [6.45, 7) is 0. The third kappa shape index (κ3) is 4.00. The van der Waals surface area contributed by atoms with Crippen LogP contribution < -0.4 is 10.6 Å². The number of methoxy groups -OCH3 is 2. The van der Waals surface area contributed by atoms with Crippen molar-refractivity contribution in [3.05, 3.63) is 11.8 Å². The second-order valence-electron chi connectivity index (χ2n) is 2.94. The molecule has 0 fully saturated rings. The molecule has 1 heterocycles. The first kappa shape index (κ1) is 14.0. The van der Waals surface area contributed by atoms with Crippen molar-refractivity contribution in [2.75, 3.05) is 14.2 Å². The number of aliphatic imine (C=N–C) groups is 1. The first-order valence-corrected chi connectivity index (χ1v) is 4.82. The molecule has 0 aliphatic rings. The fraction of sp³-hybridized carbons (Fsp3) is 0.222. The van der Waals surface area contributed by atoms with E-state index in [0.717, 1.165) is 14.2 Å². The van der Waals surface area contributed by atoms with E-state index in [0.29, 0.717) is 0 Å². The number of nitrogens with zero attached hydrogens (tertiary/aromatic N) is 3. The lowest BCUT2D eigenvalue weighted by molar-refractivity contribution is 0.173. The lowest BCUT2D eigenvalue weighted by Crippen LogP contribution is -2.43. The quantitative estimate of drug-likeness (QED) is 0.481. The fourth-order valence-electron chi connectivity index (χ4n) is 0.941. The van der Waals surface area contributed by atoms with Crippen LogP contribution in [0.4, 0.5) is 15.4 Å². The molecule has 1 rings (SSSR count). The number of nitrogens with one attached hydrogen (secondary N) is 3. The second kappa shape index (κ2) is 6.60. The molecule has 3 N–H and O–H groups in total. The highest BCUT2D eigenvalue weighted by molar-refractivity contribution is 6.02. The minimum absolute atomic E-state index is 0.0605. The molecule has 19 heavy (non-hydrogen) atoms. The molecule has 0 radical (unpaired) electrons. The summed E-state index contributed by atoms with van der Waals surface area (Å²) in [5, 5.41) is 19.1. The van der Waals surface area contributed by atoms with Crippen LogP contribution in [0.3, 0.4) is 0 Å². The van der Waals surface area contributed by atoms with Crippen molar-refractivity contribution in [2.24, 2.45) is 4.99 Å². The summed E-state index contributed by atoms with van der Waals surface area (Å²) in [5.41, 5.74) is 0.135. The van der Waals surface area contributed by atoms with Gasteiger partial charge in [-0.25, -0.2) is 9.59 Å². The van der Waals surface area contributed by atoms with Gasteiger partial charge in [-0.3, -0.25) is 15.7 Å². The molecule has 0 unspecified atom stereocenters. The Kier molecular flexibility index (Phi) is 4.85. The molecule has 10 nitrogen and oxygen atoms in total. The summed E-state index contributed by atoms with van der Waals surface area (Å²) in [6, 6.07) is 1.83. The largest absolute Gasteiger partial charge is 0.453 e. The lowest BCUT2D eigenvalue weighted by Gasteiger charge is -2.07. The van der Waals surface area contributed by atoms with Crippen LogP contribution in [0.2, 0.25) is 0 Å². The van der Waals surface area contributed by atoms with Gasteiger partial charge in [0, 0.05) is 0 Å². The molecule has 1 aromatic heterocycles. The second-order valence-corrected chi connectivity index (χ2v) is 2.94. The molecule has 0 saturated carbocycles. The molecular weight excluding hydrogens is 256 g/mol. The third-order valence-electron chi connectivity index (χ3n) is 1.77. The standard InChI is InChI=1S/C9H10N6O4/c1-18-8(16)13-7(14-9(17)19-2)12-6-5(3-10)4-11-15-6/h4H,1-2H3,(H3,11,12,13,14,15,16,17). The van der Waals surface area contributed by atoms with Crippen LogP contribution in [0.25, 0.3) is 0 Å². The number of aromatic nitrogens is 2. The van der Waals surface area contributed by atoms with Gasteiger partial charge in [0.05, 0.1) is 20.4 Å². The Morgan fingerprint density at radius 2 is 1.95 bits per heavy atom. The van der Waals surface area contributed by atoms with Crippen LogP contribution in [0, 0.1) is 11.3 Å². The predicted molar refractivity (Wildman–Crippen MR) is 61.5 cm³/mol. The average molecular weight is 266 g/mol. The number of alkyl carbamates (subject to hydrolysis) is 2. The molecule has 10 heteroatoms. The number of hydrogen-bond acceptors (Lipinski definition) is 7. The van der Waals surface area contributed by atoms with Crippen LogP contribution in [0.1, 0.15) is 5.56 Å². The molecule has 0 aromatic carbocycles. The van der Waals surface area contributed by atoms with Gasteiger partial charge in [-0.15, -0.1) is 0 Å². The van der Waals surface area contributed by atoms with Gasteiger partial charge in [-0.1, -0.05) is 0 Å². The molecule has 0 bridgehead atoms. The Morgan fingerprint density at radius 3 is 2.42 bits per heavy atom.